The van der Waals surface area contributed by atoms with E-state index < -0.39 is 0 Å². The van der Waals surface area contributed by atoms with Crippen molar-refractivity contribution in [2.24, 2.45) is 0 Å². The molecule has 0 radical (unpaired) electrons. The number of phenolic OH excluding ortho intramolecular Hbond substituents is 1. The van der Waals surface area contributed by atoms with Crippen LogP contribution < -0.4 is 4.74 Å². The zero-order valence-electron chi connectivity index (χ0n) is 13.2. The smallest absolute Gasteiger partial charge is 0.266 e. The summed E-state index contributed by atoms with van der Waals surface area (Å²) in [7, 11) is 1.48. The first-order valence-corrected chi connectivity index (χ1v) is 9.37. The number of nitrogens with zero attached hydrogens (tertiary/aromatic N) is 1. The van der Waals surface area contributed by atoms with Gasteiger partial charge in [0, 0.05) is 4.47 Å². The van der Waals surface area contributed by atoms with Crippen LogP contribution in [0.2, 0.25) is 0 Å². The van der Waals surface area contributed by atoms with E-state index in [0.29, 0.717) is 26.0 Å². The van der Waals surface area contributed by atoms with Crippen LogP contribution >= 0.6 is 39.9 Å². The van der Waals surface area contributed by atoms with Crippen molar-refractivity contribution in [3.8, 4) is 11.5 Å². The maximum atomic E-state index is 12.7. The number of ether oxygens (including phenoxy) is 1. The molecule has 7 heteroatoms. The highest BCUT2D eigenvalue weighted by Gasteiger charge is 2.32. The molecule has 3 rings (SSSR count). The highest BCUT2D eigenvalue weighted by molar-refractivity contribution is 9.10. The summed E-state index contributed by atoms with van der Waals surface area (Å²) in [5.74, 6) is 0.246. The lowest BCUT2D eigenvalue weighted by molar-refractivity contribution is -0.122. The molecule has 0 saturated carbocycles. The normalized spacial score (nSPS) is 15.9. The predicted molar refractivity (Wildman–Crippen MR) is 108 cm³/mol. The maximum Gasteiger partial charge on any atom is 0.266 e. The second-order valence-corrected chi connectivity index (χ2v) is 7.83. The zero-order valence-corrected chi connectivity index (χ0v) is 16.5. The Bertz CT molecular complexity index is 868. The minimum Gasteiger partial charge on any atom is -0.504 e. The molecule has 4 nitrogen and oxygen atoms in total. The van der Waals surface area contributed by atoms with E-state index >= 15 is 0 Å². The van der Waals surface area contributed by atoms with Gasteiger partial charge in [0.05, 0.1) is 18.6 Å². The predicted octanol–water partition coefficient (Wildman–Crippen LogP) is 4.56. The highest BCUT2D eigenvalue weighted by atomic mass is 79.9. The summed E-state index contributed by atoms with van der Waals surface area (Å²) in [6.45, 7) is 0.447. The number of carbonyl (C=O) groups is 1. The van der Waals surface area contributed by atoms with Gasteiger partial charge in [-0.2, -0.15) is 0 Å². The standard InChI is InChI=1S/C18H14BrNO3S2/c1-23-15-7-12(13(19)9-14(15)21)8-16-17(22)20(18(24)25-16)10-11-5-3-2-4-6-11/h2-9,21H,10H2,1H3/b16-8-. The molecule has 1 N–H and O–H groups in total. The van der Waals surface area contributed by atoms with Crippen molar-refractivity contribution < 1.29 is 14.6 Å². The fourth-order valence-electron chi connectivity index (χ4n) is 2.38. The lowest BCUT2D eigenvalue weighted by Crippen LogP contribution is -2.27. The largest absolute Gasteiger partial charge is 0.504 e. The number of benzene rings is 2. The fraction of sp³-hybridized carbons (Fsp3) is 0.111. The SMILES string of the molecule is COc1cc(/C=C2\SC(=S)N(Cc3ccccc3)C2=O)c(Br)cc1O. The van der Waals surface area contributed by atoms with Crippen LogP contribution in [0, 0.1) is 0 Å². The van der Waals surface area contributed by atoms with Gasteiger partial charge in [0.2, 0.25) is 0 Å². The fourth-order valence-corrected chi connectivity index (χ4v) is 4.07. The second kappa shape index (κ2) is 7.59. The summed E-state index contributed by atoms with van der Waals surface area (Å²) < 4.78 is 6.32. The molecule has 0 bridgehead atoms. The summed E-state index contributed by atoms with van der Waals surface area (Å²) in [6, 6.07) is 12.9. The van der Waals surface area contributed by atoms with Crippen molar-refractivity contribution in [1.82, 2.24) is 4.90 Å². The molecule has 1 aliphatic heterocycles. The van der Waals surface area contributed by atoms with Crippen molar-refractivity contribution in [3.05, 3.63) is 63.0 Å². The van der Waals surface area contributed by atoms with Gasteiger partial charge in [-0.1, -0.05) is 70.2 Å². The van der Waals surface area contributed by atoms with Gasteiger partial charge in [-0.3, -0.25) is 9.69 Å². The molecule has 1 saturated heterocycles. The van der Waals surface area contributed by atoms with E-state index in [0.717, 1.165) is 11.1 Å². The van der Waals surface area contributed by atoms with Gasteiger partial charge >= 0.3 is 0 Å². The molecule has 2 aromatic rings. The Morgan fingerprint density at radius 1 is 1.32 bits per heavy atom. The van der Waals surface area contributed by atoms with Gasteiger partial charge < -0.3 is 9.84 Å². The van der Waals surface area contributed by atoms with E-state index in [9.17, 15) is 9.90 Å². The molecule has 0 aliphatic carbocycles. The van der Waals surface area contributed by atoms with Crippen molar-refractivity contribution in [1.29, 1.82) is 0 Å². The Morgan fingerprint density at radius 2 is 2.04 bits per heavy atom. The number of thioether (sulfide) groups is 1. The first kappa shape index (κ1) is 18.0. The molecule has 1 amide bonds. The first-order valence-electron chi connectivity index (χ1n) is 7.35. The van der Waals surface area contributed by atoms with Crippen molar-refractivity contribution in [2.75, 3.05) is 7.11 Å². The van der Waals surface area contributed by atoms with Gasteiger partial charge in [0.25, 0.3) is 5.91 Å². The van der Waals surface area contributed by atoms with Crippen molar-refractivity contribution in [2.45, 2.75) is 6.54 Å². The van der Waals surface area contributed by atoms with E-state index in [4.69, 9.17) is 17.0 Å². The summed E-state index contributed by atoms with van der Waals surface area (Å²) in [4.78, 5) is 14.8. The number of phenols is 1. The Balaban J connectivity index is 1.88. The molecule has 1 aliphatic rings. The number of methoxy groups -OCH3 is 1. The van der Waals surface area contributed by atoms with Crippen LogP contribution in [0.1, 0.15) is 11.1 Å². The van der Waals surface area contributed by atoms with E-state index in [-0.39, 0.29) is 11.7 Å². The molecular formula is C18H14BrNO3S2. The van der Waals surface area contributed by atoms with E-state index in [1.54, 1.807) is 17.0 Å². The zero-order chi connectivity index (χ0) is 18.0. The Morgan fingerprint density at radius 3 is 2.72 bits per heavy atom. The second-order valence-electron chi connectivity index (χ2n) is 5.30. The van der Waals surface area contributed by atoms with Crippen LogP contribution in [0.15, 0.2) is 51.8 Å². The third kappa shape index (κ3) is 3.89. The molecule has 0 atom stereocenters. The van der Waals surface area contributed by atoms with E-state index in [2.05, 4.69) is 15.9 Å². The Hall–Kier alpha value is -1.83. The molecule has 1 heterocycles. The minimum absolute atomic E-state index is 0.0307. The molecule has 2 aromatic carbocycles. The van der Waals surface area contributed by atoms with E-state index in [1.807, 2.05) is 30.3 Å². The van der Waals surface area contributed by atoms with Gasteiger partial charge in [0.15, 0.2) is 11.5 Å². The first-order chi connectivity index (χ1) is 12.0. The third-order valence-corrected chi connectivity index (χ3v) is 5.71. The molecule has 0 aromatic heterocycles. The van der Waals surface area contributed by atoms with Crippen molar-refractivity contribution >= 4 is 56.2 Å². The lowest BCUT2D eigenvalue weighted by atomic mass is 10.1. The lowest BCUT2D eigenvalue weighted by Gasteiger charge is -2.14. The molecule has 1 fully saturated rings. The number of amides is 1. The van der Waals surface area contributed by atoms with Crippen molar-refractivity contribution in [3.63, 3.8) is 0 Å². The van der Waals surface area contributed by atoms with Gasteiger partial charge in [-0.25, -0.2) is 0 Å². The van der Waals surface area contributed by atoms with Crippen LogP contribution in [0.4, 0.5) is 0 Å². The van der Waals surface area contributed by atoms with Crippen LogP contribution in [0.5, 0.6) is 11.5 Å². The van der Waals surface area contributed by atoms with Crippen LogP contribution in [0.25, 0.3) is 6.08 Å². The van der Waals surface area contributed by atoms with Crippen LogP contribution in [-0.2, 0) is 11.3 Å². The number of aromatic hydroxyl groups is 1. The average Bonchev–Trinajstić information content (AvgIpc) is 2.86. The van der Waals surface area contributed by atoms with Gasteiger partial charge in [-0.05, 0) is 29.3 Å². The summed E-state index contributed by atoms with van der Waals surface area (Å²) in [5.41, 5.74) is 1.75. The summed E-state index contributed by atoms with van der Waals surface area (Å²) in [6.07, 6.45) is 1.75. The Kier molecular flexibility index (Phi) is 5.46. The van der Waals surface area contributed by atoms with Crippen LogP contribution in [0.3, 0.4) is 0 Å². The maximum absolute atomic E-state index is 12.7. The number of hydrogen-bond donors (Lipinski definition) is 1. The molecule has 25 heavy (non-hydrogen) atoms. The number of halogens is 1. The minimum atomic E-state index is -0.127. The number of thiocarbonyl (C=S) groups is 1. The van der Waals surface area contributed by atoms with Gasteiger partial charge in [0.1, 0.15) is 4.32 Å². The monoisotopic (exact) mass is 435 g/mol. The third-order valence-electron chi connectivity index (χ3n) is 3.64. The molecule has 128 valence electrons. The van der Waals surface area contributed by atoms with Gasteiger partial charge in [-0.15, -0.1) is 0 Å². The number of rotatable bonds is 4. The average molecular weight is 436 g/mol. The topological polar surface area (TPSA) is 49.8 Å². The number of hydrogen-bond acceptors (Lipinski definition) is 5. The number of carbonyl (C=O) groups excluding carboxylic acids is 1. The summed E-state index contributed by atoms with van der Waals surface area (Å²) >= 11 is 10.0. The highest BCUT2D eigenvalue weighted by Crippen LogP contribution is 2.37. The van der Waals surface area contributed by atoms with Crippen LogP contribution in [-0.4, -0.2) is 27.3 Å². The van der Waals surface area contributed by atoms with E-state index in [1.165, 1.54) is 24.9 Å². The quantitative estimate of drug-likeness (QED) is 0.563. The molecule has 0 unspecified atom stereocenters. The Labute approximate surface area is 163 Å². The summed E-state index contributed by atoms with van der Waals surface area (Å²) in [5, 5.41) is 9.80. The molecule has 0 spiro atoms. The molecular weight excluding hydrogens is 422 g/mol.